The van der Waals surface area contributed by atoms with E-state index in [0.717, 1.165) is 19.9 Å². The second kappa shape index (κ2) is 10.9. The lowest BCUT2D eigenvalue weighted by Crippen LogP contribution is -2.75. The largest absolute Gasteiger partial charge is 0.486 e. The molecule has 0 heterocycles. The zero-order valence-electron chi connectivity index (χ0n) is 21.5. The van der Waals surface area contributed by atoms with E-state index >= 15 is 0 Å². The Morgan fingerprint density at radius 1 is 0.545 bits per heavy atom. The van der Waals surface area contributed by atoms with Gasteiger partial charge in [-0.15, -0.1) is 8.42 Å². The first-order valence-electron chi connectivity index (χ1n) is 11.4. The van der Waals surface area contributed by atoms with Crippen molar-refractivity contribution in [3.05, 3.63) is 42.5 Å². The van der Waals surface area contributed by atoms with Gasteiger partial charge in [-0.25, -0.2) is 0 Å². The van der Waals surface area contributed by atoms with Gasteiger partial charge in [-0.3, -0.25) is 3.63 Å². The lowest BCUT2D eigenvalue weighted by molar-refractivity contribution is -0.458. The number of alkyl halides is 17. The Morgan fingerprint density at radius 2 is 0.932 bits per heavy atom. The molecule has 0 saturated carbocycles. The first-order chi connectivity index (χ1) is 19.4. The fourth-order valence-corrected chi connectivity index (χ4v) is 9.18. The minimum atomic E-state index is -8.89. The van der Waals surface area contributed by atoms with E-state index in [1.807, 2.05) is 0 Å². The standard InChI is InChI=1S/C22H17F17O3S2/c1-3-43(4-2,14-11-7-9-12-8-5-6-10-13(12)14)42-44(40,41)22(38,39)20(33,34)18(29,30)16(25,26)15(23,24)17(27,28)19(31,32)21(35,36)37/h5-11H,3-4H2,1-2H3/p+1. The molecule has 0 aliphatic rings. The predicted molar refractivity (Wildman–Crippen MR) is 123 cm³/mol. The van der Waals surface area contributed by atoms with E-state index < -0.39 is 78.9 Å². The molecule has 0 aliphatic carbocycles. The molecule has 0 unspecified atom stereocenters. The van der Waals surface area contributed by atoms with E-state index in [9.17, 15) is 83.1 Å². The van der Waals surface area contributed by atoms with Crippen LogP contribution in [0, 0.1) is 0 Å². The monoisotopic (exact) mass is 717 g/mol. The number of halogens is 17. The molecule has 0 bridgehead atoms. The van der Waals surface area contributed by atoms with Gasteiger partial charge in [0.05, 0.1) is 4.90 Å². The second-order valence-electron chi connectivity index (χ2n) is 8.91. The van der Waals surface area contributed by atoms with Crippen LogP contribution in [0.15, 0.2) is 47.4 Å². The summed E-state index contributed by atoms with van der Waals surface area (Å²) in [6.45, 7) is 2.12. The molecule has 0 amide bonds. The number of benzene rings is 2. The van der Waals surface area contributed by atoms with E-state index in [1.54, 1.807) is 0 Å². The maximum atomic E-state index is 14.8. The minimum Gasteiger partial charge on any atom is -0.264 e. The Kier molecular flexibility index (Phi) is 9.44. The Bertz CT molecular complexity index is 1460. The van der Waals surface area contributed by atoms with Gasteiger partial charge >= 0.3 is 57.1 Å². The average Bonchev–Trinajstić information content (AvgIpc) is 2.90. The Balaban J connectivity index is 2.73. The summed E-state index contributed by atoms with van der Waals surface area (Å²) in [5.41, 5.74) is 0. The summed E-state index contributed by atoms with van der Waals surface area (Å²) in [4.78, 5) is -0.249. The summed E-state index contributed by atoms with van der Waals surface area (Å²) in [5.74, 6) is -53.2. The normalized spacial score (nSPS) is 16.0. The third-order valence-corrected chi connectivity index (χ3v) is 12.3. The zero-order valence-corrected chi connectivity index (χ0v) is 23.1. The van der Waals surface area contributed by atoms with Gasteiger partial charge in [0.1, 0.15) is 0 Å². The van der Waals surface area contributed by atoms with Crippen molar-refractivity contribution in [1.29, 1.82) is 0 Å². The molecule has 0 aromatic heterocycles. The maximum Gasteiger partial charge on any atom is 0.486 e. The summed E-state index contributed by atoms with van der Waals surface area (Å²) in [6, 6.07) is 9.09. The van der Waals surface area contributed by atoms with Gasteiger partial charge in [0.25, 0.3) is 0 Å². The molecular formula is C22H18F17O3S2+. The quantitative estimate of drug-likeness (QED) is 0.125. The summed E-state index contributed by atoms with van der Waals surface area (Å²) in [7, 11) is -11.3. The van der Waals surface area contributed by atoms with Crippen molar-refractivity contribution in [2.75, 3.05) is 11.5 Å². The number of hydrogen-bond donors (Lipinski definition) is 0. The van der Waals surface area contributed by atoms with Crippen LogP contribution < -0.4 is 0 Å². The third-order valence-electron chi connectivity index (χ3n) is 6.37. The van der Waals surface area contributed by atoms with E-state index in [4.69, 9.17) is 0 Å². The number of fused-ring (bicyclic) bond motifs is 1. The highest BCUT2D eigenvalue weighted by atomic mass is 32.3. The predicted octanol–water partition coefficient (Wildman–Crippen LogP) is 9.35. The topological polar surface area (TPSA) is 46.9 Å². The third kappa shape index (κ3) is 5.05. The summed E-state index contributed by atoms with van der Waals surface area (Å²) < 4.78 is 260. The van der Waals surface area contributed by atoms with Crippen LogP contribution >= 0.6 is 10.3 Å². The van der Waals surface area contributed by atoms with Gasteiger partial charge in [0.15, 0.2) is 0 Å². The number of rotatable bonds is 12. The molecule has 2 aromatic carbocycles. The van der Waals surface area contributed by atoms with E-state index in [0.29, 0.717) is 0 Å². The molecule has 254 valence electrons. The maximum absolute atomic E-state index is 14.8. The zero-order chi connectivity index (χ0) is 34.8. The first kappa shape index (κ1) is 38.0. The summed E-state index contributed by atoms with van der Waals surface area (Å²) in [5, 5.41) is -7.34. The fourth-order valence-electron chi connectivity index (χ4n) is 3.73. The lowest BCUT2D eigenvalue weighted by Gasteiger charge is -2.42. The van der Waals surface area contributed by atoms with Crippen LogP contribution in [-0.2, 0) is 10.1 Å². The highest BCUT2D eigenvalue weighted by Gasteiger charge is 2.97. The fraction of sp³-hybridized carbons (Fsp3) is 0.545. The van der Waals surface area contributed by atoms with Crippen molar-refractivity contribution in [2.45, 2.75) is 65.7 Å². The van der Waals surface area contributed by atoms with Crippen LogP contribution in [0.25, 0.3) is 10.8 Å². The summed E-state index contributed by atoms with van der Waals surface area (Å²) in [6.07, 6.45) is -7.89. The highest BCUT2D eigenvalue weighted by molar-refractivity contribution is 8.32. The Morgan fingerprint density at radius 3 is 1.36 bits per heavy atom. The molecule has 44 heavy (non-hydrogen) atoms. The van der Waals surface area contributed by atoms with Crippen LogP contribution in [0.5, 0.6) is 0 Å². The first-order valence-corrected chi connectivity index (χ1v) is 14.8. The molecule has 22 heteroatoms. The SMILES string of the molecule is CCS(CC)([OH+]S(=O)(=O)C(F)(F)C(F)(F)C(F)(F)C(F)(F)C(F)(F)C(F)(F)C(F)(F)C(F)(F)F)c1cccc2ccccc12. The lowest BCUT2D eigenvalue weighted by atomic mass is 9.91. The number of hydrogen-bond acceptors (Lipinski definition) is 2. The van der Waals surface area contributed by atoms with Crippen molar-refractivity contribution < 1.29 is 86.7 Å². The Labute approximate surface area is 238 Å². The van der Waals surface area contributed by atoms with E-state index in [-0.39, 0.29) is 15.7 Å². The molecule has 2 aromatic rings. The van der Waals surface area contributed by atoms with Crippen LogP contribution in [0.3, 0.4) is 0 Å². The molecular weight excluding hydrogens is 699 g/mol. The van der Waals surface area contributed by atoms with Gasteiger partial charge in [-0.05, 0) is 11.5 Å². The van der Waals surface area contributed by atoms with Gasteiger partial charge in [0.2, 0.25) is 0 Å². The molecule has 1 N–H and O–H groups in total. The average molecular weight is 717 g/mol. The van der Waals surface area contributed by atoms with Gasteiger partial charge in [0, 0.05) is 27.2 Å². The van der Waals surface area contributed by atoms with Crippen molar-refractivity contribution in [1.82, 2.24) is 0 Å². The molecule has 0 aliphatic heterocycles. The molecule has 0 fully saturated rings. The van der Waals surface area contributed by atoms with E-state index in [2.05, 4.69) is 3.63 Å². The molecule has 0 spiro atoms. The van der Waals surface area contributed by atoms with Crippen LogP contribution in [0.2, 0.25) is 0 Å². The van der Waals surface area contributed by atoms with E-state index in [1.165, 1.54) is 36.4 Å². The molecule has 3 nitrogen and oxygen atoms in total. The minimum absolute atomic E-state index is 0.0621. The molecule has 0 radical (unpaired) electrons. The van der Waals surface area contributed by atoms with Crippen molar-refractivity contribution in [2.24, 2.45) is 0 Å². The highest BCUT2D eigenvalue weighted by Crippen LogP contribution is 2.66. The van der Waals surface area contributed by atoms with Crippen molar-refractivity contribution in [3.63, 3.8) is 0 Å². The van der Waals surface area contributed by atoms with Crippen LogP contribution in [0.1, 0.15) is 13.8 Å². The molecule has 0 saturated heterocycles. The molecule has 0 atom stereocenters. The van der Waals surface area contributed by atoms with Crippen molar-refractivity contribution in [3.8, 4) is 0 Å². The van der Waals surface area contributed by atoms with Gasteiger partial charge in [-0.1, -0.05) is 50.2 Å². The summed E-state index contributed by atoms with van der Waals surface area (Å²) >= 11 is 0. The molecule has 2 rings (SSSR count). The second-order valence-corrected chi connectivity index (χ2v) is 14.2. The van der Waals surface area contributed by atoms with Crippen LogP contribution in [-0.4, -0.2) is 70.5 Å². The van der Waals surface area contributed by atoms with Gasteiger partial charge in [-0.2, -0.15) is 74.6 Å². The smallest absolute Gasteiger partial charge is 0.264 e. The van der Waals surface area contributed by atoms with Gasteiger partial charge < -0.3 is 0 Å². The van der Waals surface area contributed by atoms with Crippen molar-refractivity contribution >= 4 is 31.2 Å². The van der Waals surface area contributed by atoms with Crippen LogP contribution in [0.4, 0.5) is 74.6 Å². The Hall–Kier alpha value is -2.23.